The fraction of sp³-hybridized carbons (Fsp3) is 0.875. The van der Waals surface area contributed by atoms with E-state index < -0.39 is 12.0 Å². The molecule has 0 aromatic rings. The number of aliphatic carboxylic acids is 1. The van der Waals surface area contributed by atoms with Crippen molar-refractivity contribution in [2.24, 2.45) is 11.3 Å². The summed E-state index contributed by atoms with van der Waals surface area (Å²) in [5, 5.41) is 9.56. The Hall–Kier alpha value is -1.26. The summed E-state index contributed by atoms with van der Waals surface area (Å²) in [6.07, 6.45) is 2.71. The topological polar surface area (TPSA) is 60.9 Å². The van der Waals surface area contributed by atoms with Crippen molar-refractivity contribution >= 4 is 12.0 Å². The highest BCUT2D eigenvalue weighted by Gasteiger charge is 2.45. The molecule has 0 aromatic heterocycles. The van der Waals surface area contributed by atoms with E-state index in [2.05, 4.69) is 13.8 Å². The van der Waals surface area contributed by atoms with Crippen LogP contribution in [-0.2, 0) is 4.79 Å². The van der Waals surface area contributed by atoms with Crippen LogP contribution in [0.4, 0.5) is 4.79 Å². The van der Waals surface area contributed by atoms with Crippen LogP contribution in [-0.4, -0.2) is 52.6 Å². The van der Waals surface area contributed by atoms with Gasteiger partial charge in [0.25, 0.3) is 0 Å². The molecule has 1 aliphatic rings. The van der Waals surface area contributed by atoms with E-state index in [1.54, 1.807) is 9.80 Å². The van der Waals surface area contributed by atoms with E-state index in [1.165, 1.54) is 0 Å². The van der Waals surface area contributed by atoms with Gasteiger partial charge in [-0.2, -0.15) is 0 Å². The van der Waals surface area contributed by atoms with E-state index in [0.717, 1.165) is 19.3 Å². The van der Waals surface area contributed by atoms with Crippen molar-refractivity contribution in [3.63, 3.8) is 0 Å². The monoisotopic (exact) mass is 298 g/mol. The number of amides is 2. The number of carboxylic acids is 1. The van der Waals surface area contributed by atoms with E-state index >= 15 is 0 Å². The normalized spacial score (nSPS) is 22.7. The predicted octanol–water partition coefficient (Wildman–Crippen LogP) is 3.05. The Balaban J connectivity index is 2.93. The van der Waals surface area contributed by atoms with Crippen LogP contribution in [0.2, 0.25) is 0 Å². The Morgan fingerprint density at radius 3 is 2.48 bits per heavy atom. The second kappa shape index (κ2) is 7.14. The molecule has 2 amide bonds. The van der Waals surface area contributed by atoms with Crippen LogP contribution in [0.1, 0.15) is 53.9 Å². The number of hydrogen-bond donors (Lipinski definition) is 1. The van der Waals surface area contributed by atoms with E-state index in [9.17, 15) is 14.7 Å². The maximum atomic E-state index is 12.8. The van der Waals surface area contributed by atoms with Crippen LogP contribution in [0.3, 0.4) is 0 Å². The molecule has 0 spiro atoms. The highest BCUT2D eigenvalue weighted by molar-refractivity contribution is 5.83. The van der Waals surface area contributed by atoms with Gasteiger partial charge in [-0.3, -0.25) is 0 Å². The molecule has 1 saturated heterocycles. The van der Waals surface area contributed by atoms with Gasteiger partial charge in [0.1, 0.15) is 6.04 Å². The van der Waals surface area contributed by atoms with Gasteiger partial charge in [0.15, 0.2) is 0 Å². The lowest BCUT2D eigenvalue weighted by Gasteiger charge is -2.45. The number of rotatable bonds is 5. The van der Waals surface area contributed by atoms with Crippen molar-refractivity contribution in [3.05, 3.63) is 0 Å². The molecule has 122 valence electrons. The van der Waals surface area contributed by atoms with Gasteiger partial charge < -0.3 is 14.9 Å². The third-order valence-electron chi connectivity index (χ3n) is 4.63. The molecular weight excluding hydrogens is 268 g/mol. The van der Waals surface area contributed by atoms with Gasteiger partial charge in [0.05, 0.1) is 0 Å². The molecule has 0 aromatic carbocycles. The average molecular weight is 298 g/mol. The summed E-state index contributed by atoms with van der Waals surface area (Å²) in [7, 11) is 0. The predicted molar refractivity (Wildman–Crippen MR) is 83.2 cm³/mol. The molecule has 1 aliphatic heterocycles. The number of urea groups is 1. The van der Waals surface area contributed by atoms with Gasteiger partial charge in [-0.1, -0.05) is 34.1 Å². The average Bonchev–Trinajstić information content (AvgIpc) is 2.41. The maximum absolute atomic E-state index is 12.8. The van der Waals surface area contributed by atoms with Crippen molar-refractivity contribution in [1.82, 2.24) is 9.80 Å². The number of piperidine rings is 1. The fourth-order valence-electron chi connectivity index (χ4n) is 3.10. The van der Waals surface area contributed by atoms with Gasteiger partial charge in [0.2, 0.25) is 0 Å². The zero-order chi connectivity index (χ0) is 16.2. The summed E-state index contributed by atoms with van der Waals surface area (Å²) < 4.78 is 0. The molecule has 1 heterocycles. The molecule has 0 aliphatic carbocycles. The standard InChI is InChI=1S/C16H30N2O3/c1-6-12(3)11-17(7-2)15(21)18-10-8-9-16(4,5)13(18)14(19)20/h12-13H,6-11H2,1-5H3,(H,19,20). The zero-order valence-corrected chi connectivity index (χ0v) is 14.1. The first-order chi connectivity index (χ1) is 9.74. The number of nitrogens with zero attached hydrogens (tertiary/aromatic N) is 2. The fourth-order valence-corrected chi connectivity index (χ4v) is 3.10. The lowest BCUT2D eigenvalue weighted by molar-refractivity contribution is -0.148. The second-order valence-corrected chi connectivity index (χ2v) is 6.86. The molecule has 0 saturated carbocycles. The lowest BCUT2D eigenvalue weighted by Crippen LogP contribution is -2.59. The first kappa shape index (κ1) is 17.8. The van der Waals surface area contributed by atoms with Crippen LogP contribution >= 0.6 is 0 Å². The Morgan fingerprint density at radius 2 is 2.00 bits per heavy atom. The number of hydrogen-bond acceptors (Lipinski definition) is 2. The smallest absolute Gasteiger partial charge is 0.327 e. The lowest BCUT2D eigenvalue weighted by atomic mass is 9.76. The number of carboxylic acid groups (broad SMARTS) is 1. The molecule has 5 nitrogen and oxygen atoms in total. The molecule has 1 fully saturated rings. The summed E-state index contributed by atoms with van der Waals surface area (Å²) in [4.78, 5) is 27.8. The maximum Gasteiger partial charge on any atom is 0.327 e. The molecule has 1 N–H and O–H groups in total. The highest BCUT2D eigenvalue weighted by atomic mass is 16.4. The Morgan fingerprint density at radius 1 is 1.38 bits per heavy atom. The number of carbonyl (C=O) groups excluding carboxylic acids is 1. The van der Waals surface area contributed by atoms with Crippen molar-refractivity contribution in [2.45, 2.75) is 59.9 Å². The Bertz CT molecular complexity index is 382. The second-order valence-electron chi connectivity index (χ2n) is 6.86. The summed E-state index contributed by atoms with van der Waals surface area (Å²) in [5.41, 5.74) is -0.379. The van der Waals surface area contributed by atoms with Crippen LogP contribution in [0.15, 0.2) is 0 Å². The van der Waals surface area contributed by atoms with Gasteiger partial charge >= 0.3 is 12.0 Å². The molecule has 21 heavy (non-hydrogen) atoms. The molecule has 2 unspecified atom stereocenters. The molecule has 0 radical (unpaired) electrons. The molecule has 5 heteroatoms. The third-order valence-corrected chi connectivity index (χ3v) is 4.63. The van der Waals surface area contributed by atoms with E-state index in [-0.39, 0.29) is 11.4 Å². The zero-order valence-electron chi connectivity index (χ0n) is 14.1. The number of likely N-dealkylation sites (tertiary alicyclic amines) is 1. The molecule has 2 atom stereocenters. The molecule has 0 bridgehead atoms. The van der Waals surface area contributed by atoms with Gasteiger partial charge in [-0.25, -0.2) is 9.59 Å². The Kier molecular flexibility index (Phi) is 6.05. The summed E-state index contributed by atoms with van der Waals surface area (Å²) in [6.45, 7) is 11.9. The molecule has 1 rings (SSSR count). The van der Waals surface area contributed by atoms with E-state index in [4.69, 9.17) is 0 Å². The van der Waals surface area contributed by atoms with E-state index in [0.29, 0.717) is 25.6 Å². The van der Waals surface area contributed by atoms with Crippen LogP contribution in [0.25, 0.3) is 0 Å². The summed E-state index contributed by atoms with van der Waals surface area (Å²) in [6, 6.07) is -0.859. The van der Waals surface area contributed by atoms with Gasteiger partial charge in [0, 0.05) is 19.6 Å². The van der Waals surface area contributed by atoms with E-state index in [1.807, 2.05) is 20.8 Å². The SMILES string of the molecule is CCC(C)CN(CC)C(=O)N1CCCC(C)(C)C1C(=O)O. The van der Waals surface area contributed by atoms with Crippen molar-refractivity contribution < 1.29 is 14.7 Å². The first-order valence-electron chi connectivity index (χ1n) is 8.02. The number of carbonyl (C=O) groups is 2. The van der Waals surface area contributed by atoms with Crippen LogP contribution in [0, 0.1) is 11.3 Å². The summed E-state index contributed by atoms with van der Waals surface area (Å²) >= 11 is 0. The first-order valence-corrected chi connectivity index (χ1v) is 8.02. The van der Waals surface area contributed by atoms with Crippen LogP contribution < -0.4 is 0 Å². The minimum Gasteiger partial charge on any atom is -0.480 e. The quantitative estimate of drug-likeness (QED) is 0.848. The van der Waals surface area contributed by atoms with Crippen LogP contribution in [0.5, 0.6) is 0 Å². The highest BCUT2D eigenvalue weighted by Crippen LogP contribution is 2.35. The van der Waals surface area contributed by atoms with Crippen molar-refractivity contribution in [3.8, 4) is 0 Å². The van der Waals surface area contributed by atoms with Gasteiger partial charge in [-0.05, 0) is 31.1 Å². The van der Waals surface area contributed by atoms with Crippen molar-refractivity contribution in [1.29, 1.82) is 0 Å². The van der Waals surface area contributed by atoms with Crippen molar-refractivity contribution in [2.75, 3.05) is 19.6 Å². The van der Waals surface area contributed by atoms with Gasteiger partial charge in [-0.15, -0.1) is 0 Å². The Labute approximate surface area is 128 Å². The minimum atomic E-state index is -0.896. The molecular formula is C16H30N2O3. The largest absolute Gasteiger partial charge is 0.480 e. The summed E-state index contributed by atoms with van der Waals surface area (Å²) in [5.74, 6) is -0.470. The third kappa shape index (κ3) is 4.11. The minimum absolute atomic E-state index is 0.127.